The Morgan fingerprint density at radius 2 is 1.95 bits per heavy atom. The summed E-state index contributed by atoms with van der Waals surface area (Å²) in [5.41, 5.74) is 0.584. The van der Waals surface area contributed by atoms with E-state index >= 15 is 0 Å². The molecule has 0 spiro atoms. The lowest BCUT2D eigenvalue weighted by Crippen LogP contribution is -2.41. The van der Waals surface area contributed by atoms with Gasteiger partial charge in [0.05, 0.1) is 18.8 Å². The summed E-state index contributed by atoms with van der Waals surface area (Å²) in [5, 5.41) is 0.399. The van der Waals surface area contributed by atoms with Crippen molar-refractivity contribution in [1.82, 2.24) is 9.88 Å². The molecule has 3 heterocycles. The lowest BCUT2D eigenvalue weighted by Gasteiger charge is -2.33. The molecule has 5 nitrogen and oxygen atoms in total. The van der Waals surface area contributed by atoms with E-state index in [4.69, 9.17) is 21.1 Å². The second kappa shape index (κ2) is 6.08. The van der Waals surface area contributed by atoms with Gasteiger partial charge in [0.2, 0.25) is 0 Å². The van der Waals surface area contributed by atoms with Gasteiger partial charge in [-0.15, -0.1) is 0 Å². The van der Waals surface area contributed by atoms with Gasteiger partial charge < -0.3 is 14.4 Å². The Morgan fingerprint density at radius 3 is 2.55 bits per heavy atom. The highest BCUT2D eigenvalue weighted by Crippen LogP contribution is 2.26. The summed E-state index contributed by atoms with van der Waals surface area (Å²) < 4.78 is 11.1. The first-order valence-electron chi connectivity index (χ1n) is 6.88. The van der Waals surface area contributed by atoms with E-state index in [9.17, 15) is 4.79 Å². The van der Waals surface area contributed by atoms with E-state index in [2.05, 4.69) is 4.98 Å². The van der Waals surface area contributed by atoms with E-state index < -0.39 is 0 Å². The molecule has 0 atom stereocenters. The average Bonchev–Trinajstić information content (AvgIpc) is 3.02. The lowest BCUT2D eigenvalue weighted by molar-refractivity contribution is -0.0956. The number of pyridine rings is 1. The number of piperidine rings is 1. The average molecular weight is 297 g/mol. The normalized spacial score (nSPS) is 21.4. The molecule has 0 radical (unpaired) electrons. The Hall–Kier alpha value is -1.17. The number of rotatable bonds is 2. The second-order valence-corrected chi connectivity index (χ2v) is 5.50. The van der Waals surface area contributed by atoms with Crippen molar-refractivity contribution in [2.24, 2.45) is 5.92 Å². The van der Waals surface area contributed by atoms with Crippen LogP contribution in [0.4, 0.5) is 0 Å². The van der Waals surface area contributed by atoms with E-state index in [1.54, 1.807) is 12.1 Å². The summed E-state index contributed by atoms with van der Waals surface area (Å²) in [6.07, 6.45) is 3.28. The van der Waals surface area contributed by atoms with Crippen molar-refractivity contribution in [2.75, 3.05) is 26.3 Å². The highest BCUT2D eigenvalue weighted by molar-refractivity contribution is 6.29. The second-order valence-electron chi connectivity index (χ2n) is 5.11. The van der Waals surface area contributed by atoms with E-state index in [0.717, 1.165) is 25.9 Å². The fourth-order valence-electron chi connectivity index (χ4n) is 2.71. The molecule has 0 aliphatic carbocycles. The van der Waals surface area contributed by atoms with Crippen molar-refractivity contribution in [3.63, 3.8) is 0 Å². The zero-order valence-electron chi connectivity index (χ0n) is 11.1. The van der Waals surface area contributed by atoms with Crippen LogP contribution < -0.4 is 0 Å². The Balaban J connectivity index is 1.57. The quantitative estimate of drug-likeness (QED) is 0.783. The molecule has 1 aromatic rings. The highest BCUT2D eigenvalue weighted by Gasteiger charge is 2.31. The largest absolute Gasteiger partial charge is 0.350 e. The van der Waals surface area contributed by atoms with E-state index in [-0.39, 0.29) is 12.2 Å². The third-order valence-electron chi connectivity index (χ3n) is 3.83. The van der Waals surface area contributed by atoms with Crippen LogP contribution in [0.2, 0.25) is 5.15 Å². The topological polar surface area (TPSA) is 51.7 Å². The van der Waals surface area contributed by atoms with Crippen LogP contribution in [0, 0.1) is 5.92 Å². The molecule has 20 heavy (non-hydrogen) atoms. The monoisotopic (exact) mass is 296 g/mol. The van der Waals surface area contributed by atoms with Gasteiger partial charge >= 0.3 is 0 Å². The van der Waals surface area contributed by atoms with Crippen LogP contribution in [0.15, 0.2) is 18.3 Å². The Labute approximate surface area is 122 Å². The maximum Gasteiger partial charge on any atom is 0.255 e. The fraction of sp³-hybridized carbons (Fsp3) is 0.571. The van der Waals surface area contributed by atoms with E-state index in [0.29, 0.717) is 29.8 Å². The van der Waals surface area contributed by atoms with Gasteiger partial charge in [0.15, 0.2) is 6.29 Å². The third kappa shape index (κ3) is 2.95. The van der Waals surface area contributed by atoms with Gasteiger partial charge in [0.25, 0.3) is 5.91 Å². The van der Waals surface area contributed by atoms with E-state index in [1.807, 2.05) is 4.90 Å². The van der Waals surface area contributed by atoms with Crippen LogP contribution in [0.3, 0.4) is 0 Å². The van der Waals surface area contributed by atoms with Crippen molar-refractivity contribution >= 4 is 17.5 Å². The molecule has 0 bridgehead atoms. The standard InChI is InChI=1S/C14H17ClN2O3/c15-12-2-1-11(9-16-12)13(18)17-5-3-10(4-6-17)14-19-7-8-20-14/h1-2,9-10,14H,3-8H2. The fourth-order valence-corrected chi connectivity index (χ4v) is 2.82. The molecule has 1 amide bonds. The van der Waals surface area contributed by atoms with Crippen LogP contribution in [0.25, 0.3) is 0 Å². The van der Waals surface area contributed by atoms with Crippen molar-refractivity contribution in [1.29, 1.82) is 0 Å². The molecule has 0 N–H and O–H groups in total. The maximum absolute atomic E-state index is 12.3. The lowest BCUT2D eigenvalue weighted by atomic mass is 9.96. The van der Waals surface area contributed by atoms with Gasteiger partial charge in [0.1, 0.15) is 5.15 Å². The first kappa shape index (κ1) is 13.8. The number of likely N-dealkylation sites (tertiary alicyclic amines) is 1. The minimum absolute atomic E-state index is 0.0147. The summed E-state index contributed by atoms with van der Waals surface area (Å²) in [7, 11) is 0. The van der Waals surface area contributed by atoms with Gasteiger partial charge in [-0.1, -0.05) is 11.6 Å². The Bertz CT molecular complexity index is 466. The Morgan fingerprint density at radius 1 is 1.25 bits per heavy atom. The molecule has 1 aromatic heterocycles. The summed E-state index contributed by atoms with van der Waals surface area (Å²) >= 11 is 5.73. The number of carbonyl (C=O) groups is 1. The molecule has 2 aliphatic rings. The van der Waals surface area contributed by atoms with Gasteiger partial charge in [-0.25, -0.2) is 4.98 Å². The van der Waals surface area contributed by atoms with Gasteiger partial charge in [-0.2, -0.15) is 0 Å². The SMILES string of the molecule is O=C(c1ccc(Cl)nc1)N1CCC(C2OCCO2)CC1. The third-order valence-corrected chi connectivity index (χ3v) is 4.06. The predicted molar refractivity (Wildman–Crippen MR) is 73.6 cm³/mol. The number of hydrogen-bond donors (Lipinski definition) is 0. The summed E-state index contributed by atoms with van der Waals surface area (Å²) in [5.74, 6) is 0.408. The number of carbonyl (C=O) groups excluding carboxylic acids is 1. The molecule has 0 saturated carbocycles. The van der Waals surface area contributed by atoms with Crippen LogP contribution in [0.1, 0.15) is 23.2 Å². The van der Waals surface area contributed by atoms with Crippen molar-refractivity contribution in [2.45, 2.75) is 19.1 Å². The van der Waals surface area contributed by atoms with Crippen molar-refractivity contribution in [3.05, 3.63) is 29.0 Å². The van der Waals surface area contributed by atoms with Crippen LogP contribution in [-0.2, 0) is 9.47 Å². The Kier molecular flexibility index (Phi) is 4.19. The van der Waals surface area contributed by atoms with Crippen molar-refractivity contribution < 1.29 is 14.3 Å². The molecule has 2 fully saturated rings. The maximum atomic E-state index is 12.3. The first-order chi connectivity index (χ1) is 9.74. The zero-order valence-corrected chi connectivity index (χ0v) is 11.9. The molecular weight excluding hydrogens is 280 g/mol. The number of nitrogens with zero attached hydrogens (tertiary/aromatic N) is 2. The molecule has 108 valence electrons. The smallest absolute Gasteiger partial charge is 0.255 e. The summed E-state index contributed by atoms with van der Waals surface area (Å²) in [6, 6.07) is 3.36. The zero-order chi connectivity index (χ0) is 13.9. The molecular formula is C14H17ClN2O3. The molecule has 0 unspecified atom stereocenters. The molecule has 2 aliphatic heterocycles. The number of hydrogen-bond acceptors (Lipinski definition) is 4. The van der Waals surface area contributed by atoms with Crippen molar-refractivity contribution in [3.8, 4) is 0 Å². The van der Waals surface area contributed by atoms with Gasteiger partial charge in [-0.3, -0.25) is 4.79 Å². The number of ether oxygens (including phenoxy) is 2. The first-order valence-corrected chi connectivity index (χ1v) is 7.26. The van der Waals surface area contributed by atoms with E-state index in [1.165, 1.54) is 6.20 Å². The van der Waals surface area contributed by atoms with Crippen LogP contribution in [-0.4, -0.2) is 48.4 Å². The number of amides is 1. The number of halogens is 1. The molecule has 0 aromatic carbocycles. The molecule has 2 saturated heterocycles. The van der Waals surface area contributed by atoms with Gasteiger partial charge in [-0.05, 0) is 25.0 Å². The predicted octanol–water partition coefficient (Wildman–Crippen LogP) is 1.96. The molecule has 3 rings (SSSR count). The number of aromatic nitrogens is 1. The summed E-state index contributed by atoms with van der Waals surface area (Å²) in [6.45, 7) is 2.82. The minimum Gasteiger partial charge on any atom is -0.350 e. The van der Waals surface area contributed by atoms with Crippen LogP contribution >= 0.6 is 11.6 Å². The minimum atomic E-state index is -0.0792. The van der Waals surface area contributed by atoms with Crippen LogP contribution in [0.5, 0.6) is 0 Å². The van der Waals surface area contributed by atoms with Gasteiger partial charge in [0, 0.05) is 25.2 Å². The highest BCUT2D eigenvalue weighted by atomic mass is 35.5. The summed E-state index contributed by atoms with van der Waals surface area (Å²) in [4.78, 5) is 18.1. The molecule has 6 heteroatoms.